The molecule has 0 saturated carbocycles. The molecule has 0 aliphatic rings. The van der Waals surface area contributed by atoms with Crippen LogP contribution in [-0.4, -0.2) is 13.2 Å². The number of hydrogen-bond donors (Lipinski definition) is 1. The van der Waals surface area contributed by atoms with Crippen LogP contribution in [0.3, 0.4) is 0 Å². The number of rotatable bonds is 5. The molecule has 1 rings (SSSR count). The maximum Gasteiger partial charge on any atom is 0.119 e. The molecule has 0 aliphatic heterocycles. The third-order valence-corrected chi connectivity index (χ3v) is 1.83. The van der Waals surface area contributed by atoms with Crippen molar-refractivity contribution in [3.8, 4) is 5.75 Å². The zero-order valence-corrected chi connectivity index (χ0v) is 8.12. The molecule has 72 valence electrons. The summed E-state index contributed by atoms with van der Waals surface area (Å²) in [6.07, 6.45) is 1.98. The zero-order valence-electron chi connectivity index (χ0n) is 8.12. The van der Waals surface area contributed by atoms with Crippen LogP contribution in [0.2, 0.25) is 0 Å². The molecular weight excluding hydrogens is 162 g/mol. The van der Waals surface area contributed by atoms with Crippen molar-refractivity contribution in [2.24, 2.45) is 5.73 Å². The molecule has 0 aliphatic carbocycles. The standard InChI is InChI=1S/C11H17NO/c1-2-9-13-11-5-3-10(4-6-11)7-8-12/h3-6H,2,7-9,12H2,1H3. The van der Waals surface area contributed by atoms with Crippen LogP contribution in [0.15, 0.2) is 24.3 Å². The van der Waals surface area contributed by atoms with E-state index in [4.69, 9.17) is 10.5 Å². The summed E-state index contributed by atoms with van der Waals surface area (Å²) in [4.78, 5) is 0. The molecule has 1 aromatic carbocycles. The van der Waals surface area contributed by atoms with Gasteiger partial charge >= 0.3 is 0 Å². The number of ether oxygens (including phenoxy) is 1. The van der Waals surface area contributed by atoms with Crippen molar-refractivity contribution in [3.63, 3.8) is 0 Å². The van der Waals surface area contributed by atoms with Crippen molar-refractivity contribution in [2.45, 2.75) is 19.8 Å². The third-order valence-electron chi connectivity index (χ3n) is 1.83. The van der Waals surface area contributed by atoms with E-state index < -0.39 is 0 Å². The van der Waals surface area contributed by atoms with Crippen LogP contribution in [0.4, 0.5) is 0 Å². The van der Waals surface area contributed by atoms with Gasteiger partial charge in [0.15, 0.2) is 0 Å². The molecule has 0 heterocycles. The molecule has 13 heavy (non-hydrogen) atoms. The predicted octanol–water partition coefficient (Wildman–Crippen LogP) is 1.98. The summed E-state index contributed by atoms with van der Waals surface area (Å²) in [5, 5.41) is 0. The highest BCUT2D eigenvalue weighted by molar-refractivity contribution is 5.27. The van der Waals surface area contributed by atoms with Crippen LogP contribution in [0, 0.1) is 0 Å². The summed E-state index contributed by atoms with van der Waals surface area (Å²) >= 11 is 0. The Balaban J connectivity index is 2.48. The smallest absolute Gasteiger partial charge is 0.119 e. The molecule has 2 N–H and O–H groups in total. The van der Waals surface area contributed by atoms with E-state index in [-0.39, 0.29) is 0 Å². The topological polar surface area (TPSA) is 35.2 Å². The summed E-state index contributed by atoms with van der Waals surface area (Å²) in [5.74, 6) is 0.947. The van der Waals surface area contributed by atoms with E-state index in [1.807, 2.05) is 12.1 Å². The van der Waals surface area contributed by atoms with Gasteiger partial charge in [0.25, 0.3) is 0 Å². The monoisotopic (exact) mass is 179 g/mol. The van der Waals surface area contributed by atoms with Gasteiger partial charge in [0, 0.05) is 0 Å². The Bertz CT molecular complexity index is 230. The van der Waals surface area contributed by atoms with Gasteiger partial charge in [0.1, 0.15) is 5.75 Å². The fraction of sp³-hybridized carbons (Fsp3) is 0.455. The zero-order chi connectivity index (χ0) is 9.52. The Morgan fingerprint density at radius 2 is 1.92 bits per heavy atom. The highest BCUT2D eigenvalue weighted by atomic mass is 16.5. The van der Waals surface area contributed by atoms with Crippen molar-refractivity contribution in [2.75, 3.05) is 13.2 Å². The molecule has 0 radical (unpaired) electrons. The fourth-order valence-electron chi connectivity index (χ4n) is 1.14. The second kappa shape index (κ2) is 5.60. The van der Waals surface area contributed by atoms with Crippen LogP contribution in [-0.2, 0) is 6.42 Å². The second-order valence-corrected chi connectivity index (χ2v) is 3.03. The van der Waals surface area contributed by atoms with Gasteiger partial charge in [-0.2, -0.15) is 0 Å². The first-order valence-electron chi connectivity index (χ1n) is 4.78. The van der Waals surface area contributed by atoms with Crippen molar-refractivity contribution < 1.29 is 4.74 Å². The molecule has 2 heteroatoms. The first-order chi connectivity index (χ1) is 6.36. The molecular formula is C11H17NO. The average molecular weight is 179 g/mol. The largest absolute Gasteiger partial charge is 0.494 e. The lowest BCUT2D eigenvalue weighted by molar-refractivity contribution is 0.317. The Kier molecular flexibility index (Phi) is 4.33. The summed E-state index contributed by atoms with van der Waals surface area (Å²) in [6, 6.07) is 8.14. The molecule has 0 spiro atoms. The Morgan fingerprint density at radius 3 is 2.46 bits per heavy atom. The molecule has 0 unspecified atom stereocenters. The van der Waals surface area contributed by atoms with E-state index in [2.05, 4.69) is 19.1 Å². The van der Waals surface area contributed by atoms with Crippen LogP contribution in [0.25, 0.3) is 0 Å². The van der Waals surface area contributed by atoms with E-state index in [1.54, 1.807) is 0 Å². The average Bonchev–Trinajstić information content (AvgIpc) is 2.17. The molecule has 2 nitrogen and oxygen atoms in total. The molecule has 0 atom stereocenters. The van der Waals surface area contributed by atoms with Gasteiger partial charge in [-0.1, -0.05) is 19.1 Å². The molecule has 0 aromatic heterocycles. The van der Waals surface area contributed by atoms with E-state index >= 15 is 0 Å². The third kappa shape index (κ3) is 3.47. The second-order valence-electron chi connectivity index (χ2n) is 3.03. The van der Waals surface area contributed by atoms with Crippen molar-refractivity contribution in [1.29, 1.82) is 0 Å². The van der Waals surface area contributed by atoms with Crippen molar-refractivity contribution >= 4 is 0 Å². The Labute approximate surface area is 79.7 Å². The minimum Gasteiger partial charge on any atom is -0.494 e. The van der Waals surface area contributed by atoms with E-state index in [1.165, 1.54) is 5.56 Å². The van der Waals surface area contributed by atoms with Gasteiger partial charge in [-0.3, -0.25) is 0 Å². The van der Waals surface area contributed by atoms with Gasteiger partial charge in [-0.05, 0) is 37.1 Å². The maximum atomic E-state index is 5.46. The Hall–Kier alpha value is -1.02. The normalized spacial score (nSPS) is 10.0. The van der Waals surface area contributed by atoms with Gasteiger partial charge in [0.05, 0.1) is 6.61 Å². The quantitative estimate of drug-likeness (QED) is 0.750. The maximum absolute atomic E-state index is 5.46. The van der Waals surface area contributed by atoms with Crippen molar-refractivity contribution in [3.05, 3.63) is 29.8 Å². The van der Waals surface area contributed by atoms with Gasteiger partial charge in [-0.15, -0.1) is 0 Å². The van der Waals surface area contributed by atoms with Gasteiger partial charge in [0.2, 0.25) is 0 Å². The number of benzene rings is 1. The molecule has 0 bridgehead atoms. The summed E-state index contributed by atoms with van der Waals surface area (Å²) in [6.45, 7) is 3.59. The van der Waals surface area contributed by atoms with Crippen LogP contribution < -0.4 is 10.5 Å². The lowest BCUT2D eigenvalue weighted by Crippen LogP contribution is -2.02. The van der Waals surface area contributed by atoms with E-state index in [0.29, 0.717) is 6.54 Å². The SMILES string of the molecule is CCCOc1ccc(CCN)cc1. The van der Waals surface area contributed by atoms with Gasteiger partial charge < -0.3 is 10.5 Å². The Morgan fingerprint density at radius 1 is 1.23 bits per heavy atom. The minimum absolute atomic E-state index is 0.704. The van der Waals surface area contributed by atoms with Crippen LogP contribution in [0.1, 0.15) is 18.9 Å². The molecule has 0 fully saturated rings. The van der Waals surface area contributed by atoms with Gasteiger partial charge in [-0.25, -0.2) is 0 Å². The first-order valence-corrected chi connectivity index (χ1v) is 4.78. The first kappa shape index (κ1) is 10.1. The van der Waals surface area contributed by atoms with E-state index in [9.17, 15) is 0 Å². The number of nitrogens with two attached hydrogens (primary N) is 1. The predicted molar refractivity (Wildman–Crippen MR) is 55.0 cm³/mol. The highest BCUT2D eigenvalue weighted by Gasteiger charge is 1.93. The molecule has 0 saturated heterocycles. The minimum atomic E-state index is 0.704. The lowest BCUT2D eigenvalue weighted by Gasteiger charge is -2.04. The van der Waals surface area contributed by atoms with Crippen LogP contribution >= 0.6 is 0 Å². The molecule has 0 amide bonds. The fourth-order valence-corrected chi connectivity index (χ4v) is 1.14. The van der Waals surface area contributed by atoms with Crippen molar-refractivity contribution in [1.82, 2.24) is 0 Å². The highest BCUT2D eigenvalue weighted by Crippen LogP contribution is 2.12. The molecule has 1 aromatic rings. The summed E-state index contributed by atoms with van der Waals surface area (Å²) < 4.78 is 5.46. The summed E-state index contributed by atoms with van der Waals surface area (Å²) in [7, 11) is 0. The number of hydrogen-bond acceptors (Lipinski definition) is 2. The van der Waals surface area contributed by atoms with Crippen LogP contribution in [0.5, 0.6) is 5.75 Å². The summed E-state index contributed by atoms with van der Waals surface area (Å²) in [5.41, 5.74) is 6.72. The van der Waals surface area contributed by atoms with E-state index in [0.717, 1.165) is 25.2 Å². The lowest BCUT2D eigenvalue weighted by atomic mass is 10.1.